The fourth-order valence-corrected chi connectivity index (χ4v) is 2.41. The Morgan fingerprint density at radius 2 is 2.42 bits per heavy atom. The predicted octanol–water partition coefficient (Wildman–Crippen LogP) is 2.33. The molecule has 0 radical (unpaired) electrons. The normalized spacial score (nSPS) is 27.2. The van der Waals surface area contributed by atoms with Crippen LogP contribution in [0.25, 0.3) is 0 Å². The van der Waals surface area contributed by atoms with Gasteiger partial charge in [0.05, 0.1) is 12.2 Å². The van der Waals surface area contributed by atoms with E-state index in [1.807, 2.05) is 0 Å². The third-order valence-electron chi connectivity index (χ3n) is 2.53. The van der Waals surface area contributed by atoms with Crippen molar-refractivity contribution in [2.24, 2.45) is 5.92 Å². The van der Waals surface area contributed by atoms with E-state index in [1.165, 1.54) is 18.5 Å². The van der Waals surface area contributed by atoms with Gasteiger partial charge in [0.2, 0.25) is 0 Å². The largest absolute Gasteiger partial charge is 0.477 e. The van der Waals surface area contributed by atoms with Gasteiger partial charge in [-0.2, -0.15) is 0 Å². The summed E-state index contributed by atoms with van der Waals surface area (Å²) in [6.45, 7) is 0.994. The van der Waals surface area contributed by atoms with Gasteiger partial charge < -0.3 is 10.1 Å². The molecule has 1 unspecified atom stereocenters. The number of ether oxygens (including phenoxy) is 1. The highest BCUT2D eigenvalue weighted by Crippen LogP contribution is 2.41. The van der Waals surface area contributed by atoms with Gasteiger partial charge in [-0.25, -0.2) is 0 Å². The second-order valence-corrected chi connectivity index (χ2v) is 4.38. The van der Waals surface area contributed by atoms with Crippen molar-refractivity contribution in [1.82, 2.24) is 0 Å². The summed E-state index contributed by atoms with van der Waals surface area (Å²) in [6.07, 6.45) is 3.15. The van der Waals surface area contributed by atoms with Gasteiger partial charge in [-0.1, -0.05) is 0 Å². The number of rotatable bonds is 1. The lowest BCUT2D eigenvalue weighted by Crippen LogP contribution is -2.31. The molecule has 64 valence electrons. The first-order chi connectivity index (χ1) is 5.93. The molecule has 2 aliphatic rings. The van der Waals surface area contributed by atoms with Crippen LogP contribution in [0.3, 0.4) is 0 Å². The summed E-state index contributed by atoms with van der Waals surface area (Å²) in [4.78, 5) is 0. The predicted molar refractivity (Wildman–Crippen MR) is 49.9 cm³/mol. The number of nitrogens with one attached hydrogen (secondary N) is 1. The molecule has 3 heteroatoms. The standard InChI is InChI=1S/C9H11NOS/c1-2-6(1)8-5-10-7-3-4-12-9(7)11-8/h3-4,6,8,10H,1-2,5H2. The van der Waals surface area contributed by atoms with Crippen LogP contribution in [0.2, 0.25) is 0 Å². The first-order valence-electron chi connectivity index (χ1n) is 4.41. The van der Waals surface area contributed by atoms with Crippen molar-refractivity contribution in [2.45, 2.75) is 18.9 Å². The summed E-state index contributed by atoms with van der Waals surface area (Å²) in [6, 6.07) is 2.09. The molecule has 1 atom stereocenters. The molecular formula is C9H11NOS. The smallest absolute Gasteiger partial charge is 0.197 e. The number of hydrogen-bond acceptors (Lipinski definition) is 3. The zero-order valence-electron chi connectivity index (χ0n) is 6.75. The van der Waals surface area contributed by atoms with Crippen molar-refractivity contribution in [3.8, 4) is 5.06 Å². The van der Waals surface area contributed by atoms with Crippen molar-refractivity contribution in [3.63, 3.8) is 0 Å². The quantitative estimate of drug-likeness (QED) is 0.718. The molecule has 1 fully saturated rings. The Hall–Kier alpha value is -0.700. The molecule has 0 aromatic carbocycles. The third kappa shape index (κ3) is 1.00. The van der Waals surface area contributed by atoms with E-state index in [1.54, 1.807) is 11.3 Å². The minimum absolute atomic E-state index is 0.441. The average Bonchev–Trinajstić information content (AvgIpc) is 2.84. The first-order valence-corrected chi connectivity index (χ1v) is 5.29. The van der Waals surface area contributed by atoms with Crippen LogP contribution in [0.15, 0.2) is 11.4 Å². The lowest BCUT2D eigenvalue weighted by atomic mass is 10.2. The minimum atomic E-state index is 0.441. The molecule has 0 amide bonds. The van der Waals surface area contributed by atoms with E-state index in [4.69, 9.17) is 4.74 Å². The van der Waals surface area contributed by atoms with E-state index in [0.717, 1.165) is 17.5 Å². The van der Waals surface area contributed by atoms with Gasteiger partial charge in [-0.15, -0.1) is 11.3 Å². The van der Waals surface area contributed by atoms with Crippen LogP contribution >= 0.6 is 11.3 Å². The minimum Gasteiger partial charge on any atom is -0.477 e. The molecule has 3 rings (SSSR count). The molecule has 0 saturated heterocycles. The van der Waals surface area contributed by atoms with Crippen LogP contribution in [0.4, 0.5) is 5.69 Å². The zero-order chi connectivity index (χ0) is 7.97. The molecule has 1 aliphatic carbocycles. The highest BCUT2D eigenvalue weighted by molar-refractivity contribution is 7.12. The Bertz CT molecular complexity index is 292. The molecule has 0 bridgehead atoms. The number of hydrogen-bond donors (Lipinski definition) is 1. The summed E-state index contributed by atoms with van der Waals surface area (Å²) in [5.41, 5.74) is 1.18. The van der Waals surface area contributed by atoms with E-state index >= 15 is 0 Å². The second kappa shape index (κ2) is 2.39. The molecule has 1 aliphatic heterocycles. The highest BCUT2D eigenvalue weighted by atomic mass is 32.1. The summed E-state index contributed by atoms with van der Waals surface area (Å²) < 4.78 is 5.85. The Morgan fingerprint density at radius 3 is 3.25 bits per heavy atom. The fourth-order valence-electron chi connectivity index (χ4n) is 1.64. The highest BCUT2D eigenvalue weighted by Gasteiger charge is 2.35. The van der Waals surface area contributed by atoms with E-state index in [0.29, 0.717) is 6.10 Å². The van der Waals surface area contributed by atoms with Crippen LogP contribution in [0.5, 0.6) is 5.06 Å². The lowest BCUT2D eigenvalue weighted by molar-refractivity contribution is 0.189. The van der Waals surface area contributed by atoms with Crippen LogP contribution in [-0.4, -0.2) is 12.6 Å². The van der Waals surface area contributed by atoms with Crippen LogP contribution < -0.4 is 10.1 Å². The molecule has 1 aromatic rings. The number of anilines is 1. The monoisotopic (exact) mass is 181 g/mol. The maximum Gasteiger partial charge on any atom is 0.197 e. The first kappa shape index (κ1) is 6.78. The molecule has 1 aromatic heterocycles. The zero-order valence-corrected chi connectivity index (χ0v) is 7.56. The Morgan fingerprint density at radius 1 is 1.50 bits per heavy atom. The molecule has 0 spiro atoms. The van der Waals surface area contributed by atoms with Gasteiger partial charge in [-0.3, -0.25) is 0 Å². The maximum atomic E-state index is 5.85. The molecule has 1 N–H and O–H groups in total. The topological polar surface area (TPSA) is 21.3 Å². The van der Waals surface area contributed by atoms with Gasteiger partial charge in [0.25, 0.3) is 0 Å². The fraction of sp³-hybridized carbons (Fsp3) is 0.556. The number of thiophene rings is 1. The van der Waals surface area contributed by atoms with Gasteiger partial charge in [0.15, 0.2) is 5.06 Å². The van der Waals surface area contributed by atoms with Crippen molar-refractivity contribution in [1.29, 1.82) is 0 Å². The van der Waals surface area contributed by atoms with Crippen LogP contribution in [0.1, 0.15) is 12.8 Å². The van der Waals surface area contributed by atoms with Crippen molar-refractivity contribution in [3.05, 3.63) is 11.4 Å². The lowest BCUT2D eigenvalue weighted by Gasteiger charge is -2.24. The summed E-state index contributed by atoms with van der Waals surface area (Å²) in [7, 11) is 0. The van der Waals surface area contributed by atoms with E-state index < -0.39 is 0 Å². The molecule has 12 heavy (non-hydrogen) atoms. The number of fused-ring (bicyclic) bond motifs is 1. The SMILES string of the molecule is c1cc2c(s1)OC(C1CC1)CN2. The Balaban J connectivity index is 1.83. The second-order valence-electron chi connectivity index (χ2n) is 3.50. The van der Waals surface area contributed by atoms with Crippen LogP contribution in [-0.2, 0) is 0 Å². The van der Waals surface area contributed by atoms with Crippen molar-refractivity contribution < 1.29 is 4.74 Å². The summed E-state index contributed by atoms with van der Waals surface area (Å²) >= 11 is 1.69. The molecule has 1 saturated carbocycles. The van der Waals surface area contributed by atoms with Crippen LogP contribution in [0, 0.1) is 5.92 Å². The molecule has 2 nitrogen and oxygen atoms in total. The summed E-state index contributed by atoms with van der Waals surface area (Å²) in [5.74, 6) is 0.827. The van der Waals surface area contributed by atoms with Crippen molar-refractivity contribution in [2.75, 3.05) is 11.9 Å². The van der Waals surface area contributed by atoms with Gasteiger partial charge in [0, 0.05) is 0 Å². The average molecular weight is 181 g/mol. The third-order valence-corrected chi connectivity index (χ3v) is 3.33. The maximum absolute atomic E-state index is 5.85. The van der Waals surface area contributed by atoms with E-state index in [9.17, 15) is 0 Å². The van der Waals surface area contributed by atoms with Gasteiger partial charge in [-0.05, 0) is 30.2 Å². The van der Waals surface area contributed by atoms with Crippen molar-refractivity contribution >= 4 is 17.0 Å². The molecular weight excluding hydrogens is 170 g/mol. The summed E-state index contributed by atoms with van der Waals surface area (Å²) in [5, 5.41) is 6.56. The molecule has 2 heterocycles. The van der Waals surface area contributed by atoms with Gasteiger partial charge in [0.1, 0.15) is 6.10 Å². The van der Waals surface area contributed by atoms with E-state index in [-0.39, 0.29) is 0 Å². The Labute approximate surface area is 75.5 Å². The van der Waals surface area contributed by atoms with Gasteiger partial charge >= 0.3 is 0 Å². The Kier molecular flexibility index (Phi) is 1.35. The van der Waals surface area contributed by atoms with E-state index in [2.05, 4.69) is 16.8 Å².